The number of aromatic nitrogens is 4. The van der Waals surface area contributed by atoms with Crippen molar-refractivity contribution in [2.24, 2.45) is 0 Å². The van der Waals surface area contributed by atoms with E-state index in [0.717, 1.165) is 0 Å². The van der Waals surface area contributed by atoms with Crippen molar-refractivity contribution in [2.75, 3.05) is 24.7 Å². The summed E-state index contributed by atoms with van der Waals surface area (Å²) in [5, 5.41) is 10.3. The van der Waals surface area contributed by atoms with Crippen molar-refractivity contribution in [1.29, 1.82) is 0 Å². The number of anilines is 1. The fourth-order valence-corrected chi connectivity index (χ4v) is 4.23. The van der Waals surface area contributed by atoms with Gasteiger partial charge in [0.25, 0.3) is 0 Å². The van der Waals surface area contributed by atoms with Gasteiger partial charge in [-0.1, -0.05) is 13.2 Å². The summed E-state index contributed by atoms with van der Waals surface area (Å²) in [7, 11) is -3.48. The monoisotopic (exact) mass is 472 g/mol. The van der Waals surface area contributed by atoms with Gasteiger partial charge in [0.05, 0.1) is 24.3 Å². The molecule has 0 amide bonds. The fraction of sp³-hybridized carbons (Fsp3) is 0.571. The first-order valence-electron chi connectivity index (χ1n) is 8.12. The van der Waals surface area contributed by atoms with E-state index in [0.29, 0.717) is 36.8 Å². The summed E-state index contributed by atoms with van der Waals surface area (Å²) in [5.74, 6) is 0.114. The molecule has 0 saturated carbocycles. The molecule has 27 heavy (non-hydrogen) atoms. The molecule has 1 radical (unpaired) electrons. The number of nitrogens with two attached hydrogens (primary N) is 1. The summed E-state index contributed by atoms with van der Waals surface area (Å²) < 4.78 is 39.0. The normalized spacial score (nSPS) is 26.0. The van der Waals surface area contributed by atoms with E-state index in [-0.39, 0.29) is 50.7 Å². The standard InChI is InChI=1S/C14H19N6O5S.Y/c15-13-12-14(17-6-16-13)20(7-18-12)11-3-9(21)10(25-11)1-2-26(22,23)19-8-4-24-5-8;/h6-7,9-11,19,21H,1-5H2,(H2,15,16,17);/q-1;/t9-,10+,11+;/m0./s1. The Morgan fingerprint density at radius 1 is 1.37 bits per heavy atom. The molecule has 3 atom stereocenters. The number of nitrogens with one attached hydrogen (secondary N) is 1. The van der Waals surface area contributed by atoms with Gasteiger partial charge in [-0.05, 0) is 6.42 Å². The van der Waals surface area contributed by atoms with E-state index in [9.17, 15) is 13.5 Å². The minimum absolute atomic E-state index is 0. The molecule has 0 unspecified atom stereocenters. The van der Waals surface area contributed by atoms with E-state index in [1.165, 1.54) is 12.7 Å². The Balaban J connectivity index is 0.00000210. The predicted molar refractivity (Wildman–Crippen MR) is 89.9 cm³/mol. The van der Waals surface area contributed by atoms with Crippen LogP contribution in [-0.2, 0) is 52.2 Å². The van der Waals surface area contributed by atoms with Crippen molar-refractivity contribution >= 4 is 27.0 Å². The van der Waals surface area contributed by atoms with Crippen LogP contribution in [0.15, 0.2) is 12.7 Å². The summed E-state index contributed by atoms with van der Waals surface area (Å²) in [6.45, 7) is 0.616. The summed E-state index contributed by atoms with van der Waals surface area (Å²) in [4.78, 5) is 12.2. The smallest absolute Gasteiger partial charge is 0.184 e. The molecule has 0 aromatic carbocycles. The number of imidazole rings is 1. The molecule has 2 aromatic rings. The fourth-order valence-electron chi connectivity index (χ4n) is 3.03. The van der Waals surface area contributed by atoms with Gasteiger partial charge >= 0.3 is 0 Å². The van der Waals surface area contributed by atoms with Crippen LogP contribution in [0.1, 0.15) is 19.1 Å². The average Bonchev–Trinajstić information content (AvgIpc) is 3.14. The van der Waals surface area contributed by atoms with Crippen molar-refractivity contribution in [3.8, 4) is 0 Å². The van der Waals surface area contributed by atoms with Gasteiger partial charge in [-0.2, -0.15) is 6.04 Å². The van der Waals surface area contributed by atoms with Crippen molar-refractivity contribution in [1.82, 2.24) is 24.2 Å². The van der Waals surface area contributed by atoms with E-state index in [1.54, 1.807) is 4.57 Å². The molecule has 2 saturated heterocycles. The minimum Gasteiger partial charge on any atom is -0.442 e. The quantitative estimate of drug-likeness (QED) is 0.446. The maximum absolute atomic E-state index is 12.0. The van der Waals surface area contributed by atoms with Gasteiger partial charge in [0.2, 0.25) is 0 Å². The molecule has 0 aliphatic carbocycles. The second kappa shape index (κ2) is 8.31. The first kappa shape index (κ1) is 21.0. The molecule has 2 fully saturated rings. The number of hydrogen-bond acceptors (Lipinski definition) is 9. The summed E-state index contributed by atoms with van der Waals surface area (Å²) in [5.41, 5.74) is 6.74. The number of rotatable bonds is 6. The van der Waals surface area contributed by atoms with E-state index >= 15 is 0 Å². The molecule has 4 heterocycles. The van der Waals surface area contributed by atoms with Crippen LogP contribution in [0.4, 0.5) is 5.82 Å². The predicted octanol–water partition coefficient (Wildman–Crippen LogP) is -1.07. The van der Waals surface area contributed by atoms with Crippen molar-refractivity contribution in [3.05, 3.63) is 18.7 Å². The zero-order chi connectivity index (χ0) is 18.3. The molecular formula is C14H19N6O5SY-. The zero-order valence-electron chi connectivity index (χ0n) is 14.4. The first-order valence-corrected chi connectivity index (χ1v) is 9.77. The summed E-state index contributed by atoms with van der Waals surface area (Å²) in [6, 6.07) is 0.637. The third-order valence-corrected chi connectivity index (χ3v) is 5.80. The molecule has 2 aliphatic heterocycles. The Morgan fingerprint density at radius 2 is 2.15 bits per heavy atom. The molecule has 0 spiro atoms. The Labute approximate surface area is 181 Å². The topological polar surface area (TPSA) is 154 Å². The second-order valence-corrected chi connectivity index (χ2v) is 8.16. The molecule has 145 valence electrons. The van der Waals surface area contributed by atoms with E-state index in [2.05, 4.69) is 19.7 Å². The van der Waals surface area contributed by atoms with Gasteiger partial charge < -0.3 is 25.0 Å². The van der Waals surface area contributed by atoms with Gasteiger partial charge in [0, 0.05) is 39.1 Å². The van der Waals surface area contributed by atoms with Gasteiger partial charge in [0.1, 0.15) is 18.1 Å². The molecule has 0 bridgehead atoms. The van der Waals surface area contributed by atoms with Gasteiger partial charge in [-0.25, -0.2) is 23.4 Å². The van der Waals surface area contributed by atoms with Crippen LogP contribution in [-0.4, -0.2) is 64.2 Å². The van der Waals surface area contributed by atoms with Crippen LogP contribution in [0.2, 0.25) is 0 Å². The van der Waals surface area contributed by atoms with E-state index in [4.69, 9.17) is 15.2 Å². The Hall–Kier alpha value is -0.756. The molecule has 11 nitrogen and oxygen atoms in total. The summed E-state index contributed by atoms with van der Waals surface area (Å²) in [6.07, 6.45) is 1.45. The number of ether oxygens (including phenoxy) is 2. The number of nitrogen functional groups attached to an aromatic ring is 1. The molecule has 4 rings (SSSR count). The number of nitrogens with zero attached hydrogens (tertiary/aromatic N) is 4. The number of aliphatic hydroxyl groups excluding tert-OH is 1. The van der Waals surface area contributed by atoms with Gasteiger partial charge in [-0.15, -0.1) is 0 Å². The SMILES string of the molecule is Nc1ncnc2c1ncn2[C@H]1C[C@H](O)[C@@H](CCS(=O)(=O)N[C-]2COC2)O1.[Y]. The van der Waals surface area contributed by atoms with E-state index in [1.807, 2.05) is 0 Å². The molecule has 2 aromatic heterocycles. The maximum atomic E-state index is 12.0. The van der Waals surface area contributed by atoms with Crippen LogP contribution in [0, 0.1) is 6.04 Å². The van der Waals surface area contributed by atoms with Crippen molar-refractivity contribution in [2.45, 2.75) is 31.3 Å². The Bertz CT molecular complexity index is 905. The van der Waals surface area contributed by atoms with Crippen molar-refractivity contribution in [3.63, 3.8) is 0 Å². The Morgan fingerprint density at radius 3 is 2.85 bits per heavy atom. The first-order chi connectivity index (χ1) is 12.4. The van der Waals surface area contributed by atoms with Crippen LogP contribution < -0.4 is 10.5 Å². The molecular weight excluding hydrogens is 453 g/mol. The number of aliphatic hydroxyl groups is 1. The minimum atomic E-state index is -3.48. The zero-order valence-corrected chi connectivity index (χ0v) is 18.0. The van der Waals surface area contributed by atoms with Crippen LogP contribution >= 0.6 is 0 Å². The summed E-state index contributed by atoms with van der Waals surface area (Å²) >= 11 is 0. The van der Waals surface area contributed by atoms with Crippen LogP contribution in [0.3, 0.4) is 0 Å². The van der Waals surface area contributed by atoms with E-state index < -0.39 is 28.5 Å². The van der Waals surface area contributed by atoms with Gasteiger partial charge in [-0.3, -0.25) is 4.57 Å². The van der Waals surface area contributed by atoms with Crippen molar-refractivity contribution < 1.29 is 55.7 Å². The second-order valence-electron chi connectivity index (χ2n) is 6.32. The third kappa shape index (κ3) is 4.47. The maximum Gasteiger partial charge on any atom is 0.184 e. The van der Waals surface area contributed by atoms with Crippen LogP contribution in [0.5, 0.6) is 0 Å². The molecule has 4 N–H and O–H groups in total. The average molecular weight is 472 g/mol. The Kier molecular flexibility index (Phi) is 6.46. The largest absolute Gasteiger partial charge is 0.442 e. The van der Waals surface area contributed by atoms with Crippen LogP contribution in [0.25, 0.3) is 11.2 Å². The molecule has 13 heteroatoms. The van der Waals surface area contributed by atoms with Gasteiger partial charge in [0.15, 0.2) is 21.5 Å². The number of fused-ring (bicyclic) bond motifs is 1. The molecule has 2 aliphatic rings. The number of sulfonamides is 1. The number of hydrogen-bond donors (Lipinski definition) is 3. The third-order valence-electron chi connectivity index (χ3n) is 4.43.